The van der Waals surface area contributed by atoms with Crippen molar-refractivity contribution in [2.24, 2.45) is 0 Å². The highest BCUT2D eigenvalue weighted by Gasteiger charge is 2.38. The molecule has 0 saturated carbocycles. The Morgan fingerprint density at radius 1 is 1.32 bits per heavy atom. The smallest absolute Gasteiger partial charge is 0.274 e. The van der Waals surface area contributed by atoms with Crippen LogP contribution in [0.3, 0.4) is 0 Å². The number of hydrogen-bond acceptors (Lipinski definition) is 3. The Labute approximate surface area is 144 Å². The minimum Gasteiger partial charge on any atom is -0.391 e. The molecule has 2 N–H and O–H groups in total. The molecule has 0 aliphatic carbocycles. The summed E-state index contributed by atoms with van der Waals surface area (Å²) in [5.74, 6) is -1.60. The highest BCUT2D eigenvalue weighted by molar-refractivity contribution is 5.93. The van der Waals surface area contributed by atoms with Gasteiger partial charge in [0.1, 0.15) is 17.3 Å². The van der Waals surface area contributed by atoms with Crippen LogP contribution >= 0.6 is 0 Å². The maximum atomic E-state index is 14.1. The Hall–Kier alpha value is -2.28. The van der Waals surface area contributed by atoms with E-state index in [1.54, 1.807) is 6.07 Å². The molecule has 1 aliphatic rings. The predicted octanol–water partition coefficient (Wildman–Crippen LogP) is 2.93. The summed E-state index contributed by atoms with van der Waals surface area (Å²) in [4.78, 5) is 14.2. The number of H-pyrrole nitrogens is 1. The minimum absolute atomic E-state index is 0.0527. The molecule has 2 atom stereocenters. The fraction of sp³-hybridized carbons (Fsp3) is 0.444. The first-order valence-electron chi connectivity index (χ1n) is 8.16. The monoisotopic (exact) mass is 349 g/mol. The first-order valence-corrected chi connectivity index (χ1v) is 8.16. The number of amides is 1. The lowest BCUT2D eigenvalue weighted by Gasteiger charge is -2.24. The van der Waals surface area contributed by atoms with Crippen molar-refractivity contribution in [2.45, 2.75) is 44.8 Å². The van der Waals surface area contributed by atoms with E-state index in [-0.39, 0.29) is 29.6 Å². The van der Waals surface area contributed by atoms with Crippen LogP contribution in [0, 0.1) is 11.6 Å². The lowest BCUT2D eigenvalue weighted by atomic mass is 9.92. The molecule has 1 aliphatic heterocycles. The van der Waals surface area contributed by atoms with Crippen LogP contribution in [-0.4, -0.2) is 38.8 Å². The fourth-order valence-corrected chi connectivity index (χ4v) is 3.07. The third kappa shape index (κ3) is 3.42. The number of carbonyl (C=O) groups excluding carboxylic acids is 1. The van der Waals surface area contributed by atoms with Crippen LogP contribution in [0.2, 0.25) is 0 Å². The van der Waals surface area contributed by atoms with E-state index in [0.717, 1.165) is 23.9 Å². The van der Waals surface area contributed by atoms with Gasteiger partial charge in [-0.3, -0.25) is 9.89 Å². The van der Waals surface area contributed by atoms with E-state index in [2.05, 4.69) is 10.2 Å². The van der Waals surface area contributed by atoms with Crippen molar-refractivity contribution in [1.82, 2.24) is 15.1 Å². The molecule has 0 bridgehead atoms. The topological polar surface area (TPSA) is 69.2 Å². The van der Waals surface area contributed by atoms with Crippen LogP contribution < -0.4 is 0 Å². The summed E-state index contributed by atoms with van der Waals surface area (Å²) in [6, 6.07) is 4.06. The number of likely N-dealkylation sites (tertiary alicyclic amines) is 1. The number of aromatic nitrogens is 2. The van der Waals surface area contributed by atoms with Gasteiger partial charge in [0.25, 0.3) is 5.91 Å². The maximum absolute atomic E-state index is 14.1. The number of benzene rings is 1. The number of halogens is 2. The van der Waals surface area contributed by atoms with Crippen molar-refractivity contribution in [3.63, 3.8) is 0 Å². The van der Waals surface area contributed by atoms with E-state index in [1.807, 2.05) is 20.8 Å². The van der Waals surface area contributed by atoms with Crippen molar-refractivity contribution in [3.8, 4) is 0 Å². The van der Waals surface area contributed by atoms with Gasteiger partial charge in [0.15, 0.2) is 0 Å². The molecular weight excluding hydrogens is 328 g/mol. The first kappa shape index (κ1) is 17.5. The van der Waals surface area contributed by atoms with E-state index in [9.17, 15) is 18.7 Å². The number of hydrogen-bond donors (Lipinski definition) is 2. The van der Waals surface area contributed by atoms with Gasteiger partial charge in [0, 0.05) is 23.2 Å². The van der Waals surface area contributed by atoms with Crippen molar-refractivity contribution < 1.29 is 18.7 Å². The average Bonchev–Trinajstić information content (AvgIpc) is 3.15. The summed E-state index contributed by atoms with van der Waals surface area (Å²) >= 11 is 0. The molecule has 25 heavy (non-hydrogen) atoms. The van der Waals surface area contributed by atoms with Crippen LogP contribution in [-0.2, 0) is 5.41 Å². The van der Waals surface area contributed by atoms with Gasteiger partial charge >= 0.3 is 0 Å². The zero-order valence-corrected chi connectivity index (χ0v) is 14.4. The summed E-state index contributed by atoms with van der Waals surface area (Å²) in [5, 5.41) is 16.9. The standard InChI is InChI=1S/C18H21F2N3O2/c1-18(2,3)16-8-14(21-22-16)17(25)23-9-11(24)7-15(23)12-6-10(19)4-5-13(12)20/h4-6,8,11,15,24H,7,9H2,1-3H3,(H,21,22). The van der Waals surface area contributed by atoms with Crippen molar-refractivity contribution in [2.75, 3.05) is 6.54 Å². The zero-order chi connectivity index (χ0) is 18.4. The molecule has 2 unspecified atom stereocenters. The van der Waals surface area contributed by atoms with Crippen LogP contribution in [0.5, 0.6) is 0 Å². The minimum atomic E-state index is -0.794. The molecule has 5 nitrogen and oxygen atoms in total. The van der Waals surface area contributed by atoms with E-state index >= 15 is 0 Å². The number of aliphatic hydroxyl groups is 1. The Balaban J connectivity index is 1.92. The molecule has 2 heterocycles. The highest BCUT2D eigenvalue weighted by Crippen LogP contribution is 2.35. The SMILES string of the molecule is CC(C)(C)c1cc(C(=O)N2CC(O)CC2c2cc(F)ccc2F)n[nH]1. The summed E-state index contributed by atoms with van der Waals surface area (Å²) in [6.45, 7) is 6.01. The molecule has 1 saturated heterocycles. The molecule has 0 radical (unpaired) electrons. The van der Waals surface area contributed by atoms with Gasteiger partial charge in [-0.2, -0.15) is 5.10 Å². The first-order chi connectivity index (χ1) is 11.7. The molecule has 1 fully saturated rings. The number of nitrogens with zero attached hydrogens (tertiary/aromatic N) is 2. The number of rotatable bonds is 2. The molecule has 1 aromatic heterocycles. The third-order valence-electron chi connectivity index (χ3n) is 4.46. The largest absolute Gasteiger partial charge is 0.391 e. The fourth-order valence-electron chi connectivity index (χ4n) is 3.07. The van der Waals surface area contributed by atoms with Gasteiger partial charge in [-0.1, -0.05) is 20.8 Å². The molecular formula is C18H21F2N3O2. The van der Waals surface area contributed by atoms with Gasteiger partial charge in [0.05, 0.1) is 12.1 Å². The Kier molecular flexibility index (Phi) is 4.36. The molecule has 3 rings (SSSR count). The number of aromatic amines is 1. The van der Waals surface area contributed by atoms with E-state index in [4.69, 9.17) is 0 Å². The van der Waals surface area contributed by atoms with Gasteiger partial charge < -0.3 is 10.0 Å². The maximum Gasteiger partial charge on any atom is 0.274 e. The quantitative estimate of drug-likeness (QED) is 0.876. The summed E-state index contributed by atoms with van der Waals surface area (Å²) in [5.41, 5.74) is 0.853. The molecule has 134 valence electrons. The number of carbonyl (C=O) groups is 1. The van der Waals surface area contributed by atoms with Gasteiger partial charge in [-0.05, 0) is 30.7 Å². The lowest BCUT2D eigenvalue weighted by molar-refractivity contribution is 0.0707. The normalized spacial score (nSPS) is 21.0. The second kappa shape index (κ2) is 6.22. The second-order valence-electron chi connectivity index (χ2n) is 7.45. The third-order valence-corrected chi connectivity index (χ3v) is 4.46. The lowest BCUT2D eigenvalue weighted by Crippen LogP contribution is -2.32. The van der Waals surface area contributed by atoms with E-state index < -0.39 is 29.7 Å². The van der Waals surface area contributed by atoms with Gasteiger partial charge in [-0.25, -0.2) is 8.78 Å². The van der Waals surface area contributed by atoms with E-state index in [0.29, 0.717) is 0 Å². The summed E-state index contributed by atoms with van der Waals surface area (Å²) < 4.78 is 27.7. The molecule has 2 aromatic rings. The van der Waals surface area contributed by atoms with Crippen LogP contribution in [0.25, 0.3) is 0 Å². The number of aliphatic hydroxyl groups excluding tert-OH is 1. The number of β-amino-alcohol motifs (C(OH)–C–C–N with tert-alkyl or cyclic N) is 1. The highest BCUT2D eigenvalue weighted by atomic mass is 19.1. The molecule has 0 spiro atoms. The number of nitrogens with one attached hydrogen (secondary N) is 1. The zero-order valence-electron chi connectivity index (χ0n) is 14.4. The van der Waals surface area contributed by atoms with E-state index in [1.165, 1.54) is 4.90 Å². The Morgan fingerprint density at radius 2 is 2.04 bits per heavy atom. The van der Waals surface area contributed by atoms with Crippen LogP contribution in [0.1, 0.15) is 55.0 Å². The van der Waals surface area contributed by atoms with Gasteiger partial charge in [-0.15, -0.1) is 0 Å². The molecule has 7 heteroatoms. The molecule has 1 amide bonds. The van der Waals surface area contributed by atoms with Crippen LogP contribution in [0.4, 0.5) is 8.78 Å². The van der Waals surface area contributed by atoms with Crippen molar-refractivity contribution in [1.29, 1.82) is 0 Å². The van der Waals surface area contributed by atoms with Crippen molar-refractivity contribution >= 4 is 5.91 Å². The average molecular weight is 349 g/mol. The van der Waals surface area contributed by atoms with Gasteiger partial charge in [0.2, 0.25) is 0 Å². The van der Waals surface area contributed by atoms with Crippen molar-refractivity contribution in [3.05, 3.63) is 52.9 Å². The molecule has 1 aromatic carbocycles. The Bertz CT molecular complexity index is 798. The second-order valence-corrected chi connectivity index (χ2v) is 7.45. The predicted molar refractivity (Wildman–Crippen MR) is 88.0 cm³/mol. The Morgan fingerprint density at radius 3 is 2.68 bits per heavy atom. The summed E-state index contributed by atoms with van der Waals surface area (Å²) in [7, 11) is 0. The summed E-state index contributed by atoms with van der Waals surface area (Å²) in [6.07, 6.45) is -0.638. The van der Waals surface area contributed by atoms with Crippen LogP contribution in [0.15, 0.2) is 24.3 Å².